The van der Waals surface area contributed by atoms with Crippen molar-refractivity contribution in [2.45, 2.75) is 0 Å². The fourth-order valence-corrected chi connectivity index (χ4v) is 1.97. The zero-order chi connectivity index (χ0) is 16.1. The van der Waals surface area contributed by atoms with E-state index < -0.39 is 0 Å². The molecule has 0 amide bonds. The number of anilines is 3. The van der Waals surface area contributed by atoms with Crippen LogP contribution in [-0.4, -0.2) is 17.1 Å². The van der Waals surface area contributed by atoms with Gasteiger partial charge in [-0.15, -0.1) is 0 Å². The van der Waals surface area contributed by atoms with E-state index in [1.807, 2.05) is 54.6 Å². The Labute approximate surface area is 133 Å². The van der Waals surface area contributed by atoms with E-state index in [1.165, 1.54) is 6.33 Å². The number of nitrogens with zero attached hydrogens (tertiary/aromatic N) is 2. The Bertz CT molecular complexity index is 776. The van der Waals surface area contributed by atoms with Gasteiger partial charge in [-0.2, -0.15) is 4.98 Å². The maximum Gasteiger partial charge on any atom is 0.248 e. The number of para-hydroxylation sites is 1. The van der Waals surface area contributed by atoms with Gasteiger partial charge in [-0.1, -0.05) is 18.2 Å². The molecule has 0 aliphatic rings. The van der Waals surface area contributed by atoms with Gasteiger partial charge in [0.1, 0.15) is 23.5 Å². The average Bonchev–Trinajstić information content (AvgIpc) is 2.60. The molecule has 23 heavy (non-hydrogen) atoms. The molecule has 0 radical (unpaired) electrons. The van der Waals surface area contributed by atoms with E-state index >= 15 is 0 Å². The highest BCUT2D eigenvalue weighted by Crippen LogP contribution is 2.31. The van der Waals surface area contributed by atoms with Gasteiger partial charge in [-0.3, -0.25) is 0 Å². The number of nitrogen functional groups attached to an aromatic ring is 1. The van der Waals surface area contributed by atoms with Crippen molar-refractivity contribution < 1.29 is 9.47 Å². The number of rotatable bonds is 5. The minimum atomic E-state index is 0.308. The van der Waals surface area contributed by atoms with Crippen molar-refractivity contribution in [1.82, 2.24) is 9.97 Å². The molecule has 0 spiro atoms. The van der Waals surface area contributed by atoms with E-state index in [4.69, 9.17) is 15.2 Å². The summed E-state index contributed by atoms with van der Waals surface area (Å²) in [5.41, 5.74) is 7.27. The third-order valence-corrected chi connectivity index (χ3v) is 3.16. The fraction of sp³-hybridized carbons (Fsp3) is 0.0588. The number of benzene rings is 2. The Hall–Kier alpha value is -3.28. The van der Waals surface area contributed by atoms with Crippen LogP contribution < -0.4 is 20.5 Å². The summed E-state index contributed by atoms with van der Waals surface area (Å²) in [6, 6.07) is 16.8. The quantitative estimate of drug-likeness (QED) is 0.749. The van der Waals surface area contributed by atoms with Crippen LogP contribution in [0.1, 0.15) is 0 Å². The summed E-state index contributed by atoms with van der Waals surface area (Å²) in [5, 5.41) is 3.14. The predicted octanol–water partition coefficient (Wildman–Crippen LogP) is 3.60. The van der Waals surface area contributed by atoms with Crippen molar-refractivity contribution >= 4 is 17.2 Å². The molecule has 3 aromatic rings. The van der Waals surface area contributed by atoms with Crippen LogP contribution in [0, 0.1) is 0 Å². The molecule has 0 saturated carbocycles. The Morgan fingerprint density at radius 1 is 0.913 bits per heavy atom. The van der Waals surface area contributed by atoms with Crippen LogP contribution in [0.2, 0.25) is 0 Å². The van der Waals surface area contributed by atoms with Gasteiger partial charge in [-0.25, -0.2) is 4.98 Å². The maximum atomic E-state index is 6.10. The molecule has 3 rings (SSSR count). The lowest BCUT2D eigenvalue weighted by atomic mass is 10.3. The molecule has 1 heterocycles. The van der Waals surface area contributed by atoms with E-state index in [2.05, 4.69) is 15.3 Å². The summed E-state index contributed by atoms with van der Waals surface area (Å²) >= 11 is 0. The molecule has 0 aliphatic heterocycles. The number of nitrogens with one attached hydrogen (secondary N) is 1. The van der Waals surface area contributed by atoms with Crippen molar-refractivity contribution in [1.29, 1.82) is 0 Å². The molecule has 0 saturated heterocycles. The zero-order valence-corrected chi connectivity index (χ0v) is 12.6. The predicted molar refractivity (Wildman–Crippen MR) is 89.2 cm³/mol. The van der Waals surface area contributed by atoms with Crippen molar-refractivity contribution in [3.63, 3.8) is 0 Å². The van der Waals surface area contributed by atoms with Crippen LogP contribution >= 0.6 is 0 Å². The lowest BCUT2D eigenvalue weighted by molar-refractivity contribution is 0.415. The van der Waals surface area contributed by atoms with Gasteiger partial charge < -0.3 is 20.5 Å². The molecule has 6 heteroatoms. The standard InChI is InChI=1S/C17H16N4O2/c1-22-13-9-7-12(8-10-13)21-16-15(18)17(20-11-19-16)23-14-5-3-2-4-6-14/h2-11H,18H2,1H3,(H,19,20,21). The Morgan fingerprint density at radius 2 is 1.65 bits per heavy atom. The molecule has 0 bridgehead atoms. The van der Waals surface area contributed by atoms with Crippen molar-refractivity contribution in [3.8, 4) is 17.4 Å². The van der Waals surface area contributed by atoms with Crippen LogP contribution in [0.3, 0.4) is 0 Å². The highest BCUT2D eigenvalue weighted by molar-refractivity contribution is 5.72. The number of methoxy groups -OCH3 is 1. The van der Waals surface area contributed by atoms with Gasteiger partial charge in [0.15, 0.2) is 5.82 Å². The smallest absolute Gasteiger partial charge is 0.248 e. The molecule has 116 valence electrons. The molecule has 0 fully saturated rings. The summed E-state index contributed by atoms with van der Waals surface area (Å²) < 4.78 is 10.8. The van der Waals surface area contributed by atoms with Crippen molar-refractivity contribution in [3.05, 3.63) is 60.9 Å². The van der Waals surface area contributed by atoms with Crippen LogP contribution in [0.5, 0.6) is 17.4 Å². The highest BCUT2D eigenvalue weighted by Gasteiger charge is 2.10. The Balaban J connectivity index is 1.81. The first-order valence-electron chi connectivity index (χ1n) is 7.00. The van der Waals surface area contributed by atoms with Gasteiger partial charge in [0.25, 0.3) is 0 Å². The van der Waals surface area contributed by atoms with Crippen LogP contribution in [0.4, 0.5) is 17.2 Å². The second-order valence-corrected chi connectivity index (χ2v) is 4.71. The van der Waals surface area contributed by atoms with Crippen molar-refractivity contribution in [2.24, 2.45) is 0 Å². The first kappa shape index (κ1) is 14.6. The van der Waals surface area contributed by atoms with Gasteiger partial charge in [0.2, 0.25) is 5.88 Å². The second-order valence-electron chi connectivity index (χ2n) is 4.71. The highest BCUT2D eigenvalue weighted by atomic mass is 16.5. The molecule has 6 nitrogen and oxygen atoms in total. The third-order valence-electron chi connectivity index (χ3n) is 3.16. The van der Waals surface area contributed by atoms with E-state index in [9.17, 15) is 0 Å². The lowest BCUT2D eigenvalue weighted by Crippen LogP contribution is -2.03. The normalized spacial score (nSPS) is 10.1. The van der Waals surface area contributed by atoms with E-state index in [0.717, 1.165) is 11.4 Å². The third kappa shape index (κ3) is 3.49. The van der Waals surface area contributed by atoms with Gasteiger partial charge in [0, 0.05) is 5.69 Å². The van der Waals surface area contributed by atoms with Gasteiger partial charge in [0.05, 0.1) is 7.11 Å². The Morgan fingerprint density at radius 3 is 2.35 bits per heavy atom. The first-order valence-corrected chi connectivity index (χ1v) is 7.00. The SMILES string of the molecule is COc1ccc(Nc2ncnc(Oc3ccccc3)c2N)cc1. The molecule has 0 atom stereocenters. The molecule has 1 aromatic heterocycles. The molecule has 2 aromatic carbocycles. The average molecular weight is 308 g/mol. The van der Waals surface area contributed by atoms with Gasteiger partial charge in [-0.05, 0) is 36.4 Å². The molecular formula is C17H16N4O2. The van der Waals surface area contributed by atoms with Crippen LogP contribution in [0.15, 0.2) is 60.9 Å². The number of ether oxygens (including phenoxy) is 2. The van der Waals surface area contributed by atoms with Crippen LogP contribution in [0.25, 0.3) is 0 Å². The summed E-state index contributed by atoms with van der Waals surface area (Å²) in [6.07, 6.45) is 1.40. The number of hydrogen-bond donors (Lipinski definition) is 2. The van der Waals surface area contributed by atoms with Gasteiger partial charge >= 0.3 is 0 Å². The zero-order valence-electron chi connectivity index (χ0n) is 12.6. The molecule has 0 unspecified atom stereocenters. The summed E-state index contributed by atoms with van der Waals surface area (Å²) in [5.74, 6) is 2.23. The number of aromatic nitrogens is 2. The van der Waals surface area contributed by atoms with Crippen molar-refractivity contribution in [2.75, 3.05) is 18.2 Å². The fourth-order valence-electron chi connectivity index (χ4n) is 1.97. The minimum Gasteiger partial charge on any atom is -0.497 e. The van der Waals surface area contributed by atoms with E-state index in [-0.39, 0.29) is 0 Å². The van der Waals surface area contributed by atoms with E-state index in [0.29, 0.717) is 23.1 Å². The topological polar surface area (TPSA) is 82.3 Å². The lowest BCUT2D eigenvalue weighted by Gasteiger charge is -2.12. The molecule has 0 aliphatic carbocycles. The van der Waals surface area contributed by atoms with Crippen LogP contribution in [-0.2, 0) is 0 Å². The largest absolute Gasteiger partial charge is 0.497 e. The second kappa shape index (κ2) is 6.65. The molecular weight excluding hydrogens is 292 g/mol. The number of hydrogen-bond acceptors (Lipinski definition) is 6. The number of nitrogens with two attached hydrogens (primary N) is 1. The minimum absolute atomic E-state index is 0.308. The summed E-state index contributed by atoms with van der Waals surface area (Å²) in [7, 11) is 1.62. The monoisotopic (exact) mass is 308 g/mol. The summed E-state index contributed by atoms with van der Waals surface area (Å²) in [4.78, 5) is 8.24. The Kier molecular flexibility index (Phi) is 4.24. The molecule has 3 N–H and O–H groups in total. The first-order chi connectivity index (χ1) is 11.3. The summed E-state index contributed by atoms with van der Waals surface area (Å²) in [6.45, 7) is 0. The van der Waals surface area contributed by atoms with E-state index in [1.54, 1.807) is 7.11 Å². The maximum absolute atomic E-state index is 6.10.